The molecule has 1 heterocycles. The predicted molar refractivity (Wildman–Crippen MR) is 107 cm³/mol. The van der Waals surface area contributed by atoms with Gasteiger partial charge in [0.1, 0.15) is 0 Å². The van der Waals surface area contributed by atoms with Crippen molar-refractivity contribution >= 4 is 23.4 Å². The molecule has 1 aromatic rings. The smallest absolute Gasteiger partial charge is 0.0170 e. The van der Waals surface area contributed by atoms with E-state index in [1.165, 1.54) is 32.7 Å². The van der Waals surface area contributed by atoms with E-state index in [4.69, 9.17) is 0 Å². The molecule has 4 aliphatic rings. The van der Waals surface area contributed by atoms with Crippen molar-refractivity contribution in [3.05, 3.63) is 107 Å². The molecule has 116 valence electrons. The van der Waals surface area contributed by atoms with Gasteiger partial charge in [0.2, 0.25) is 0 Å². The molecule has 0 saturated heterocycles. The molecule has 0 aromatic heterocycles. The van der Waals surface area contributed by atoms with Crippen LogP contribution in [-0.4, -0.2) is 5.75 Å². The van der Waals surface area contributed by atoms with Crippen LogP contribution >= 0.6 is 11.8 Å². The van der Waals surface area contributed by atoms with Crippen LogP contribution in [0.4, 0.5) is 0 Å². The Labute approximate surface area is 147 Å². The molecule has 1 aliphatic heterocycles. The van der Waals surface area contributed by atoms with Crippen molar-refractivity contribution in [3.8, 4) is 11.1 Å². The topological polar surface area (TPSA) is 0 Å². The summed E-state index contributed by atoms with van der Waals surface area (Å²) in [5.74, 6) is 1.11. The minimum Gasteiger partial charge on any atom is -0.121 e. The molecule has 5 rings (SSSR count). The van der Waals surface area contributed by atoms with Gasteiger partial charge in [-0.3, -0.25) is 0 Å². The van der Waals surface area contributed by atoms with Crippen LogP contribution in [0.1, 0.15) is 11.1 Å². The Balaban J connectivity index is 0.000000129. The molecular weight excluding hydrogens is 308 g/mol. The zero-order valence-electron chi connectivity index (χ0n) is 13.4. The van der Waals surface area contributed by atoms with Crippen LogP contribution in [0.25, 0.3) is 22.8 Å². The fraction of sp³-hybridized carbons (Fsp3) is 0.0435. The highest BCUT2D eigenvalue weighted by Gasteiger charge is 2.16. The van der Waals surface area contributed by atoms with E-state index in [0.29, 0.717) is 0 Å². The molecule has 0 atom stereocenters. The molecule has 0 unspecified atom stereocenters. The van der Waals surface area contributed by atoms with E-state index in [9.17, 15) is 0 Å². The maximum Gasteiger partial charge on any atom is 0.0170 e. The number of allylic oxidation sites excluding steroid dienone is 3. The SMILES string of the molecule is C1=Cc2ccccc2C2=CCSC2=C1.c1ccc2cccc-2cc1. The molecule has 0 bridgehead atoms. The molecule has 24 heavy (non-hydrogen) atoms. The average molecular weight is 326 g/mol. The number of fused-ring (bicyclic) bond motifs is 4. The third kappa shape index (κ3) is 3.08. The van der Waals surface area contributed by atoms with Gasteiger partial charge in [0.25, 0.3) is 0 Å². The minimum atomic E-state index is 1.11. The maximum absolute atomic E-state index is 2.32. The van der Waals surface area contributed by atoms with E-state index in [1.807, 2.05) is 17.8 Å². The summed E-state index contributed by atoms with van der Waals surface area (Å²) < 4.78 is 0. The summed E-state index contributed by atoms with van der Waals surface area (Å²) >= 11 is 1.92. The van der Waals surface area contributed by atoms with Crippen molar-refractivity contribution in [2.45, 2.75) is 0 Å². The fourth-order valence-electron chi connectivity index (χ4n) is 3.03. The zero-order chi connectivity index (χ0) is 16.2. The standard InChI is InChI=1S/C13H10S.C10H8/c1-2-6-11-10(4-1)5-3-7-13-12(11)8-9-14-13;1-2-5-9-7-4-8-10(9)6-3-1/h1-8H,9H2;1-8H. The van der Waals surface area contributed by atoms with Crippen LogP contribution in [-0.2, 0) is 0 Å². The van der Waals surface area contributed by atoms with Gasteiger partial charge in [0.15, 0.2) is 0 Å². The molecule has 0 N–H and O–H groups in total. The lowest BCUT2D eigenvalue weighted by Gasteiger charge is -2.06. The predicted octanol–water partition coefficient (Wildman–Crippen LogP) is 6.52. The summed E-state index contributed by atoms with van der Waals surface area (Å²) in [6.45, 7) is 0. The Kier molecular flexibility index (Phi) is 4.35. The maximum atomic E-state index is 2.32. The highest BCUT2D eigenvalue weighted by atomic mass is 32.2. The summed E-state index contributed by atoms with van der Waals surface area (Å²) in [7, 11) is 0. The molecule has 3 aliphatic carbocycles. The van der Waals surface area contributed by atoms with E-state index >= 15 is 0 Å². The summed E-state index contributed by atoms with van der Waals surface area (Å²) in [4.78, 5) is 1.41. The highest BCUT2D eigenvalue weighted by Crippen LogP contribution is 2.40. The fourth-order valence-corrected chi connectivity index (χ4v) is 3.99. The molecule has 0 radical (unpaired) electrons. The molecule has 1 aromatic carbocycles. The lowest BCUT2D eigenvalue weighted by Crippen LogP contribution is -1.85. The van der Waals surface area contributed by atoms with E-state index in [2.05, 4.69) is 91.0 Å². The first-order valence-electron chi connectivity index (χ1n) is 8.17. The van der Waals surface area contributed by atoms with Crippen LogP contribution in [0.15, 0.2) is 95.9 Å². The molecule has 0 saturated carbocycles. The quantitative estimate of drug-likeness (QED) is 0.453. The summed E-state index contributed by atoms with van der Waals surface area (Å²) in [6, 6.07) is 25.3. The van der Waals surface area contributed by atoms with Crippen LogP contribution in [0.3, 0.4) is 0 Å². The van der Waals surface area contributed by atoms with Crippen molar-refractivity contribution in [3.63, 3.8) is 0 Å². The first-order valence-corrected chi connectivity index (χ1v) is 9.15. The second-order valence-corrected chi connectivity index (χ2v) is 6.82. The molecule has 1 heteroatoms. The van der Waals surface area contributed by atoms with Crippen molar-refractivity contribution < 1.29 is 0 Å². The molecule has 0 fully saturated rings. The molecule has 0 amide bonds. The van der Waals surface area contributed by atoms with Gasteiger partial charge in [0, 0.05) is 10.7 Å². The number of thioether (sulfide) groups is 1. The molecule has 0 nitrogen and oxygen atoms in total. The Morgan fingerprint density at radius 2 is 1.42 bits per heavy atom. The summed E-state index contributed by atoms with van der Waals surface area (Å²) in [5, 5.41) is 0. The van der Waals surface area contributed by atoms with Gasteiger partial charge in [0.05, 0.1) is 0 Å². The van der Waals surface area contributed by atoms with Crippen LogP contribution < -0.4 is 0 Å². The molecular formula is C23H18S. The van der Waals surface area contributed by atoms with Gasteiger partial charge in [-0.25, -0.2) is 0 Å². The van der Waals surface area contributed by atoms with Gasteiger partial charge >= 0.3 is 0 Å². The second-order valence-electron chi connectivity index (χ2n) is 5.75. The van der Waals surface area contributed by atoms with Gasteiger partial charge in [-0.05, 0) is 33.9 Å². The van der Waals surface area contributed by atoms with Gasteiger partial charge in [-0.1, -0.05) is 91.0 Å². The largest absolute Gasteiger partial charge is 0.121 e. The third-order valence-electron chi connectivity index (χ3n) is 4.22. The normalized spacial score (nSPS) is 14.7. The van der Waals surface area contributed by atoms with Crippen LogP contribution in [0.5, 0.6) is 0 Å². The summed E-state index contributed by atoms with van der Waals surface area (Å²) in [6.07, 6.45) is 8.86. The van der Waals surface area contributed by atoms with Crippen molar-refractivity contribution in [2.24, 2.45) is 0 Å². The molecule has 0 spiro atoms. The third-order valence-corrected chi connectivity index (χ3v) is 5.23. The first kappa shape index (κ1) is 15.0. The second kappa shape index (κ2) is 6.94. The van der Waals surface area contributed by atoms with Crippen LogP contribution in [0.2, 0.25) is 0 Å². The first-order chi connectivity index (χ1) is 11.9. The average Bonchev–Trinajstić information content (AvgIpc) is 3.16. The zero-order valence-corrected chi connectivity index (χ0v) is 14.2. The van der Waals surface area contributed by atoms with Crippen LogP contribution in [0, 0.1) is 0 Å². The lowest BCUT2D eigenvalue weighted by atomic mass is 10.0. The van der Waals surface area contributed by atoms with E-state index in [1.54, 1.807) is 0 Å². The number of hydrogen-bond donors (Lipinski definition) is 0. The monoisotopic (exact) mass is 326 g/mol. The van der Waals surface area contributed by atoms with E-state index in [0.717, 1.165) is 5.75 Å². The number of rotatable bonds is 0. The van der Waals surface area contributed by atoms with Crippen molar-refractivity contribution in [1.29, 1.82) is 0 Å². The number of hydrogen-bond acceptors (Lipinski definition) is 1. The van der Waals surface area contributed by atoms with E-state index in [-0.39, 0.29) is 0 Å². The van der Waals surface area contributed by atoms with Gasteiger partial charge < -0.3 is 0 Å². The Morgan fingerprint density at radius 1 is 0.708 bits per heavy atom. The van der Waals surface area contributed by atoms with Crippen molar-refractivity contribution in [2.75, 3.05) is 5.75 Å². The van der Waals surface area contributed by atoms with Gasteiger partial charge in [-0.2, -0.15) is 0 Å². The van der Waals surface area contributed by atoms with Crippen molar-refractivity contribution in [1.82, 2.24) is 0 Å². The summed E-state index contributed by atoms with van der Waals surface area (Å²) in [5.41, 5.74) is 6.73. The lowest BCUT2D eigenvalue weighted by molar-refractivity contribution is 1.58. The Hall–Kier alpha value is -2.51. The Morgan fingerprint density at radius 3 is 2.25 bits per heavy atom. The van der Waals surface area contributed by atoms with E-state index < -0.39 is 0 Å². The Bertz CT molecular complexity index is 887. The highest BCUT2D eigenvalue weighted by molar-refractivity contribution is 8.04. The van der Waals surface area contributed by atoms with Gasteiger partial charge in [-0.15, -0.1) is 11.8 Å². The number of benzene rings is 1. The minimum absolute atomic E-state index is 1.11.